The van der Waals surface area contributed by atoms with Crippen LogP contribution in [0.5, 0.6) is 23.1 Å². The van der Waals surface area contributed by atoms with Crippen molar-refractivity contribution >= 4 is 9.84 Å². The summed E-state index contributed by atoms with van der Waals surface area (Å²) >= 11 is 0. The molecule has 0 aliphatic carbocycles. The fourth-order valence-electron chi connectivity index (χ4n) is 3.95. The zero-order valence-corrected chi connectivity index (χ0v) is 21.6. The van der Waals surface area contributed by atoms with Crippen molar-refractivity contribution < 1.29 is 32.5 Å². The van der Waals surface area contributed by atoms with Crippen molar-refractivity contribution in [1.29, 1.82) is 0 Å². The molecule has 3 aromatic rings. The van der Waals surface area contributed by atoms with Gasteiger partial charge in [0.05, 0.1) is 24.0 Å². The normalized spacial score (nSPS) is 20.7. The number of methoxy groups -OCH3 is 2. The van der Waals surface area contributed by atoms with E-state index >= 15 is 0 Å². The number of hydrogen-bond donors (Lipinski definition) is 1. The minimum absolute atomic E-state index is 0.00103. The van der Waals surface area contributed by atoms with Crippen LogP contribution in [0.25, 0.3) is 0 Å². The zero-order chi connectivity index (χ0) is 26.5. The lowest BCUT2D eigenvalue weighted by Crippen LogP contribution is -2.59. The largest absolute Gasteiger partial charge is 0.493 e. The molecule has 1 aliphatic heterocycles. The average molecular weight is 517 g/mol. The van der Waals surface area contributed by atoms with Crippen molar-refractivity contribution in [2.24, 2.45) is 7.05 Å². The van der Waals surface area contributed by atoms with Crippen LogP contribution in [0.3, 0.4) is 0 Å². The molecule has 10 nitrogen and oxygen atoms in total. The van der Waals surface area contributed by atoms with Crippen LogP contribution in [-0.2, 0) is 16.9 Å². The van der Waals surface area contributed by atoms with Crippen LogP contribution in [-0.4, -0.2) is 48.7 Å². The summed E-state index contributed by atoms with van der Waals surface area (Å²) in [6.07, 6.45) is -1.07. The van der Waals surface area contributed by atoms with E-state index < -0.39 is 27.1 Å². The first-order valence-electron chi connectivity index (χ1n) is 11.1. The van der Waals surface area contributed by atoms with E-state index in [-0.39, 0.29) is 27.0 Å². The number of aliphatic hydroxyl groups is 1. The Morgan fingerprint density at radius 2 is 1.61 bits per heavy atom. The SMILES string of the molecule is COc1ccc(S(=O)(=O)c2ccc3c(c2)[C@@H](Oc2ccc(=O)n(C)n2)[C@](C)(O)C(C)(C)O3)cc1OC. The topological polar surface area (TPSA) is 126 Å². The molecule has 1 N–H and O–H groups in total. The summed E-state index contributed by atoms with van der Waals surface area (Å²) in [6, 6.07) is 11.4. The first-order chi connectivity index (χ1) is 16.8. The third-order valence-electron chi connectivity index (χ3n) is 6.51. The van der Waals surface area contributed by atoms with E-state index in [0.717, 1.165) is 4.68 Å². The lowest BCUT2D eigenvalue weighted by Gasteiger charge is -2.48. The van der Waals surface area contributed by atoms with Crippen molar-refractivity contribution in [2.75, 3.05) is 14.2 Å². The molecule has 0 fully saturated rings. The molecule has 4 rings (SSSR count). The van der Waals surface area contributed by atoms with E-state index in [1.54, 1.807) is 13.8 Å². The molecule has 0 saturated heterocycles. The zero-order valence-electron chi connectivity index (χ0n) is 20.8. The maximum atomic E-state index is 13.5. The van der Waals surface area contributed by atoms with Gasteiger partial charge in [0.2, 0.25) is 15.7 Å². The number of fused-ring (bicyclic) bond motifs is 1. The van der Waals surface area contributed by atoms with Crippen molar-refractivity contribution in [3.05, 3.63) is 64.4 Å². The first kappa shape index (κ1) is 25.5. The smallest absolute Gasteiger partial charge is 0.266 e. The van der Waals surface area contributed by atoms with Gasteiger partial charge in [-0.3, -0.25) is 4.79 Å². The molecule has 192 valence electrons. The third kappa shape index (κ3) is 4.18. The van der Waals surface area contributed by atoms with Gasteiger partial charge >= 0.3 is 0 Å². The molecule has 0 bridgehead atoms. The highest BCUT2D eigenvalue weighted by Gasteiger charge is 2.54. The Hall–Kier alpha value is -3.57. The number of aromatic nitrogens is 2. The number of benzene rings is 2. The Morgan fingerprint density at radius 1 is 0.972 bits per heavy atom. The standard InChI is InChI=1S/C25H28N2O8S/c1-24(2)25(3,29)23(34-21-11-12-22(28)27(4)26-21)17-13-15(7-9-18(17)35-24)36(30,31)16-8-10-19(32-5)20(14-16)33-6/h7-14,23,29H,1-6H3/t23-,25+/m1/s1. The molecule has 11 heteroatoms. The van der Waals surface area contributed by atoms with E-state index in [4.69, 9.17) is 18.9 Å². The van der Waals surface area contributed by atoms with E-state index in [9.17, 15) is 18.3 Å². The van der Waals surface area contributed by atoms with Gasteiger partial charge < -0.3 is 24.1 Å². The Bertz CT molecular complexity index is 1480. The highest BCUT2D eigenvalue weighted by atomic mass is 32.2. The predicted molar refractivity (Wildman–Crippen MR) is 130 cm³/mol. The van der Waals surface area contributed by atoms with Crippen LogP contribution in [0.4, 0.5) is 0 Å². The van der Waals surface area contributed by atoms with E-state index in [2.05, 4.69) is 5.10 Å². The summed E-state index contributed by atoms with van der Waals surface area (Å²) in [6.45, 7) is 4.95. The molecule has 0 spiro atoms. The van der Waals surface area contributed by atoms with Gasteiger partial charge in [0.15, 0.2) is 17.6 Å². The second-order valence-corrected chi connectivity index (χ2v) is 11.1. The number of aryl methyl sites for hydroxylation is 1. The molecule has 2 aromatic carbocycles. The number of sulfone groups is 1. The van der Waals surface area contributed by atoms with Crippen molar-refractivity contribution in [3.8, 4) is 23.1 Å². The summed E-state index contributed by atoms with van der Waals surface area (Å²) in [4.78, 5) is 11.7. The van der Waals surface area contributed by atoms with Crippen LogP contribution in [0.15, 0.2) is 63.1 Å². The first-order valence-corrected chi connectivity index (χ1v) is 12.5. The molecule has 0 radical (unpaired) electrons. The van der Waals surface area contributed by atoms with Crippen molar-refractivity contribution in [3.63, 3.8) is 0 Å². The quantitative estimate of drug-likeness (QED) is 0.526. The minimum atomic E-state index is -3.99. The summed E-state index contributed by atoms with van der Waals surface area (Å²) in [5.41, 5.74) is -2.72. The Balaban J connectivity index is 1.84. The minimum Gasteiger partial charge on any atom is -0.493 e. The summed E-state index contributed by atoms with van der Waals surface area (Å²) in [5, 5.41) is 15.6. The molecule has 1 aromatic heterocycles. The van der Waals surface area contributed by atoms with Crippen LogP contribution in [0.1, 0.15) is 32.4 Å². The molecule has 1 aliphatic rings. The summed E-state index contributed by atoms with van der Waals surface area (Å²) in [7, 11) is 0.362. The molecule has 0 amide bonds. The second kappa shape index (κ2) is 8.82. The van der Waals surface area contributed by atoms with Gasteiger partial charge in [0.1, 0.15) is 17.0 Å². The van der Waals surface area contributed by atoms with E-state index in [1.165, 1.54) is 76.7 Å². The van der Waals surface area contributed by atoms with Crippen LogP contribution in [0, 0.1) is 0 Å². The fourth-order valence-corrected chi connectivity index (χ4v) is 5.26. The summed E-state index contributed by atoms with van der Waals surface area (Å²) < 4.78 is 50.8. The average Bonchev–Trinajstić information content (AvgIpc) is 2.83. The van der Waals surface area contributed by atoms with Gasteiger partial charge in [-0.1, -0.05) is 0 Å². The fraction of sp³-hybridized carbons (Fsp3) is 0.360. The molecule has 0 unspecified atom stereocenters. The third-order valence-corrected chi connectivity index (χ3v) is 8.26. The molecular weight excluding hydrogens is 488 g/mol. The second-order valence-electron chi connectivity index (χ2n) is 9.11. The van der Waals surface area contributed by atoms with Gasteiger partial charge in [0.25, 0.3) is 5.56 Å². The van der Waals surface area contributed by atoms with Gasteiger partial charge in [0, 0.05) is 30.8 Å². The maximum Gasteiger partial charge on any atom is 0.266 e. The molecule has 2 heterocycles. The predicted octanol–water partition coefficient (Wildman–Crippen LogP) is 2.67. The monoisotopic (exact) mass is 516 g/mol. The Morgan fingerprint density at radius 3 is 2.25 bits per heavy atom. The Kier molecular flexibility index (Phi) is 6.26. The highest BCUT2D eigenvalue weighted by Crippen LogP contribution is 2.48. The van der Waals surface area contributed by atoms with E-state index in [1.807, 2.05) is 0 Å². The van der Waals surface area contributed by atoms with Crippen LogP contribution in [0.2, 0.25) is 0 Å². The number of hydrogen-bond acceptors (Lipinski definition) is 9. The summed E-state index contributed by atoms with van der Waals surface area (Å²) in [5.74, 6) is 1.10. The van der Waals surface area contributed by atoms with Crippen molar-refractivity contribution in [2.45, 2.75) is 47.9 Å². The molecule has 2 atom stereocenters. The molecular formula is C25H28N2O8S. The number of rotatable bonds is 6. The lowest BCUT2D eigenvalue weighted by molar-refractivity contribution is -0.175. The van der Waals surface area contributed by atoms with Gasteiger partial charge in [-0.15, -0.1) is 5.10 Å². The van der Waals surface area contributed by atoms with Gasteiger partial charge in [-0.25, -0.2) is 13.1 Å². The van der Waals surface area contributed by atoms with E-state index in [0.29, 0.717) is 17.1 Å². The van der Waals surface area contributed by atoms with Crippen LogP contribution < -0.4 is 24.5 Å². The maximum absolute atomic E-state index is 13.5. The molecule has 0 saturated carbocycles. The number of nitrogens with zero attached hydrogens (tertiary/aromatic N) is 2. The lowest BCUT2D eigenvalue weighted by atomic mass is 9.77. The van der Waals surface area contributed by atoms with Gasteiger partial charge in [-0.05, 0) is 51.1 Å². The highest BCUT2D eigenvalue weighted by molar-refractivity contribution is 7.91. The van der Waals surface area contributed by atoms with Crippen LogP contribution >= 0.6 is 0 Å². The molecule has 36 heavy (non-hydrogen) atoms. The Labute approximate surface area is 208 Å². The van der Waals surface area contributed by atoms with Gasteiger partial charge in [-0.2, -0.15) is 0 Å². The number of ether oxygens (including phenoxy) is 4. The van der Waals surface area contributed by atoms with Crippen molar-refractivity contribution in [1.82, 2.24) is 9.78 Å².